The summed E-state index contributed by atoms with van der Waals surface area (Å²) in [6.07, 6.45) is 3.44. The second kappa shape index (κ2) is 5.93. The molecule has 1 aromatic carbocycles. The number of hydrogen-bond acceptors (Lipinski definition) is 3. The highest BCUT2D eigenvalue weighted by Gasteiger charge is 2.22. The third-order valence-electron chi connectivity index (χ3n) is 3.29. The molecule has 1 aliphatic rings. The average molecular weight is 252 g/mol. The number of benzene rings is 1. The molecule has 0 aliphatic heterocycles. The molecule has 1 saturated carbocycles. The van der Waals surface area contributed by atoms with Crippen LogP contribution < -0.4 is 11.2 Å². The van der Waals surface area contributed by atoms with E-state index in [4.69, 9.17) is 10.7 Å². The Morgan fingerprint density at radius 2 is 2.06 bits per heavy atom. The molecule has 1 fully saturated rings. The fourth-order valence-corrected chi connectivity index (χ4v) is 2.24. The summed E-state index contributed by atoms with van der Waals surface area (Å²) in [4.78, 5) is 16.7. The Hall–Kier alpha value is -1.46. The normalized spacial score (nSPS) is 23.7. The Balaban J connectivity index is 1.89. The van der Waals surface area contributed by atoms with Crippen LogP contribution in [0.5, 0.6) is 0 Å². The topological polar surface area (TPSA) is 64.3 Å². The molecular formula is C13H17FN2O2. The zero-order valence-electron chi connectivity index (χ0n) is 10.1. The summed E-state index contributed by atoms with van der Waals surface area (Å²) < 4.78 is 13.0. The van der Waals surface area contributed by atoms with Crippen molar-refractivity contribution in [2.45, 2.75) is 37.8 Å². The first-order valence-corrected chi connectivity index (χ1v) is 6.11. The van der Waals surface area contributed by atoms with Crippen LogP contribution in [-0.2, 0) is 4.84 Å². The van der Waals surface area contributed by atoms with Gasteiger partial charge in [0.25, 0.3) is 5.91 Å². The SMILES string of the molecule is NOC1CCC(NC(=O)c2cccc(F)c2)CC1. The molecule has 0 aromatic heterocycles. The van der Waals surface area contributed by atoms with Crippen LogP contribution in [0, 0.1) is 5.82 Å². The maximum absolute atomic E-state index is 13.0. The van der Waals surface area contributed by atoms with E-state index < -0.39 is 5.82 Å². The Labute approximate surface area is 105 Å². The lowest BCUT2D eigenvalue weighted by molar-refractivity contribution is 0.0217. The predicted octanol–water partition coefficient (Wildman–Crippen LogP) is 1.76. The molecule has 0 radical (unpaired) electrons. The lowest BCUT2D eigenvalue weighted by Gasteiger charge is -2.27. The van der Waals surface area contributed by atoms with E-state index in [9.17, 15) is 9.18 Å². The molecular weight excluding hydrogens is 235 g/mol. The number of rotatable bonds is 3. The largest absolute Gasteiger partial charge is 0.349 e. The molecule has 0 atom stereocenters. The standard InChI is InChI=1S/C13H17FN2O2/c14-10-3-1-2-9(8-10)13(17)16-11-4-6-12(18-15)7-5-11/h1-3,8,11-12H,4-7,15H2,(H,16,17). The van der Waals surface area contributed by atoms with Crippen molar-refractivity contribution in [1.82, 2.24) is 5.32 Å². The number of hydrogen-bond donors (Lipinski definition) is 2. The second-order valence-electron chi connectivity index (χ2n) is 4.59. The van der Waals surface area contributed by atoms with E-state index in [1.165, 1.54) is 18.2 Å². The van der Waals surface area contributed by atoms with Crippen LogP contribution in [0.4, 0.5) is 4.39 Å². The maximum atomic E-state index is 13.0. The van der Waals surface area contributed by atoms with Crippen molar-refractivity contribution in [2.24, 2.45) is 5.90 Å². The molecule has 18 heavy (non-hydrogen) atoms. The number of carbonyl (C=O) groups excluding carboxylic acids is 1. The number of nitrogens with two attached hydrogens (primary N) is 1. The van der Waals surface area contributed by atoms with Crippen molar-refractivity contribution in [1.29, 1.82) is 0 Å². The van der Waals surface area contributed by atoms with Gasteiger partial charge in [0.1, 0.15) is 5.82 Å². The summed E-state index contributed by atoms with van der Waals surface area (Å²) in [6.45, 7) is 0. The average Bonchev–Trinajstić information content (AvgIpc) is 2.39. The van der Waals surface area contributed by atoms with E-state index in [-0.39, 0.29) is 18.1 Å². The number of carbonyl (C=O) groups is 1. The zero-order chi connectivity index (χ0) is 13.0. The van der Waals surface area contributed by atoms with Crippen LogP contribution in [0.15, 0.2) is 24.3 Å². The van der Waals surface area contributed by atoms with Gasteiger partial charge in [0.15, 0.2) is 0 Å². The van der Waals surface area contributed by atoms with E-state index >= 15 is 0 Å². The van der Waals surface area contributed by atoms with Crippen molar-refractivity contribution in [3.8, 4) is 0 Å². The van der Waals surface area contributed by atoms with Gasteiger partial charge in [0.05, 0.1) is 6.10 Å². The molecule has 0 unspecified atom stereocenters. The molecule has 0 bridgehead atoms. The lowest BCUT2D eigenvalue weighted by Crippen LogP contribution is -2.39. The quantitative estimate of drug-likeness (QED) is 0.806. The van der Waals surface area contributed by atoms with Crippen LogP contribution in [0.25, 0.3) is 0 Å². The summed E-state index contributed by atoms with van der Waals surface area (Å²) in [7, 11) is 0. The monoisotopic (exact) mass is 252 g/mol. The smallest absolute Gasteiger partial charge is 0.251 e. The number of halogens is 1. The van der Waals surface area contributed by atoms with E-state index in [0.29, 0.717) is 5.56 Å². The second-order valence-corrected chi connectivity index (χ2v) is 4.59. The summed E-state index contributed by atoms with van der Waals surface area (Å²) in [5, 5.41) is 2.91. The van der Waals surface area contributed by atoms with Gasteiger partial charge in [-0.1, -0.05) is 6.07 Å². The highest BCUT2D eigenvalue weighted by molar-refractivity contribution is 5.94. The van der Waals surface area contributed by atoms with E-state index in [0.717, 1.165) is 25.7 Å². The summed E-state index contributed by atoms with van der Waals surface area (Å²) in [5.41, 5.74) is 0.354. The fraction of sp³-hybridized carbons (Fsp3) is 0.462. The van der Waals surface area contributed by atoms with Gasteiger partial charge in [-0.15, -0.1) is 0 Å². The van der Waals surface area contributed by atoms with Gasteiger partial charge >= 0.3 is 0 Å². The van der Waals surface area contributed by atoms with Gasteiger partial charge in [-0.05, 0) is 43.9 Å². The fourth-order valence-electron chi connectivity index (χ4n) is 2.24. The molecule has 2 rings (SSSR count). The van der Waals surface area contributed by atoms with Crippen LogP contribution in [-0.4, -0.2) is 18.1 Å². The van der Waals surface area contributed by atoms with Crippen LogP contribution in [0.1, 0.15) is 36.0 Å². The predicted molar refractivity (Wildman–Crippen MR) is 65.2 cm³/mol. The van der Waals surface area contributed by atoms with Crippen molar-refractivity contribution >= 4 is 5.91 Å². The van der Waals surface area contributed by atoms with E-state index in [2.05, 4.69) is 5.32 Å². The van der Waals surface area contributed by atoms with E-state index in [1.807, 2.05) is 0 Å². The first-order chi connectivity index (χ1) is 8.69. The van der Waals surface area contributed by atoms with Crippen molar-refractivity contribution < 1.29 is 14.0 Å². The number of nitrogens with one attached hydrogen (secondary N) is 1. The Kier molecular flexibility index (Phi) is 4.28. The van der Waals surface area contributed by atoms with Gasteiger partial charge < -0.3 is 10.2 Å². The highest BCUT2D eigenvalue weighted by Crippen LogP contribution is 2.20. The van der Waals surface area contributed by atoms with Gasteiger partial charge in [-0.3, -0.25) is 4.79 Å². The Morgan fingerprint density at radius 3 is 2.67 bits per heavy atom. The number of amides is 1. The van der Waals surface area contributed by atoms with Crippen LogP contribution in [0.2, 0.25) is 0 Å². The van der Waals surface area contributed by atoms with Gasteiger partial charge in [-0.2, -0.15) is 0 Å². The molecule has 3 N–H and O–H groups in total. The minimum absolute atomic E-state index is 0.0901. The molecule has 1 aliphatic carbocycles. The highest BCUT2D eigenvalue weighted by atomic mass is 19.1. The van der Waals surface area contributed by atoms with Crippen molar-refractivity contribution in [3.63, 3.8) is 0 Å². The summed E-state index contributed by atoms with van der Waals surface area (Å²) in [5.74, 6) is 4.50. The van der Waals surface area contributed by atoms with Crippen LogP contribution in [0.3, 0.4) is 0 Å². The molecule has 0 spiro atoms. The third-order valence-corrected chi connectivity index (χ3v) is 3.29. The van der Waals surface area contributed by atoms with Gasteiger partial charge in [0.2, 0.25) is 0 Å². The molecule has 5 heteroatoms. The summed E-state index contributed by atoms with van der Waals surface area (Å²) in [6, 6.07) is 5.81. The van der Waals surface area contributed by atoms with Crippen LogP contribution >= 0.6 is 0 Å². The minimum atomic E-state index is -0.400. The molecule has 4 nitrogen and oxygen atoms in total. The molecule has 1 amide bonds. The molecule has 98 valence electrons. The third kappa shape index (κ3) is 3.27. The van der Waals surface area contributed by atoms with E-state index in [1.54, 1.807) is 6.07 Å². The Bertz CT molecular complexity index is 417. The Morgan fingerprint density at radius 1 is 1.33 bits per heavy atom. The van der Waals surface area contributed by atoms with Gasteiger partial charge in [-0.25, -0.2) is 10.3 Å². The molecule has 1 aromatic rings. The maximum Gasteiger partial charge on any atom is 0.251 e. The first-order valence-electron chi connectivity index (χ1n) is 6.11. The molecule has 0 heterocycles. The molecule has 0 saturated heterocycles. The first kappa shape index (κ1) is 13.0. The minimum Gasteiger partial charge on any atom is -0.349 e. The van der Waals surface area contributed by atoms with Crippen molar-refractivity contribution in [3.05, 3.63) is 35.6 Å². The lowest BCUT2D eigenvalue weighted by atomic mass is 9.93. The van der Waals surface area contributed by atoms with Crippen molar-refractivity contribution in [2.75, 3.05) is 0 Å². The summed E-state index contributed by atoms with van der Waals surface area (Å²) >= 11 is 0. The van der Waals surface area contributed by atoms with Gasteiger partial charge in [0, 0.05) is 11.6 Å². The zero-order valence-corrected chi connectivity index (χ0v) is 10.1.